The highest BCUT2D eigenvalue weighted by molar-refractivity contribution is 5.88. The van der Waals surface area contributed by atoms with E-state index in [0.29, 0.717) is 12.8 Å². The molecule has 4 N–H and O–H groups in total. The van der Waals surface area contributed by atoms with E-state index in [2.05, 4.69) is 10.1 Å². The van der Waals surface area contributed by atoms with Gasteiger partial charge >= 0.3 is 0 Å². The topological polar surface area (TPSA) is 114 Å². The molecule has 0 radical (unpaired) electrons. The molecule has 16 heavy (non-hydrogen) atoms. The fourth-order valence-corrected chi connectivity index (χ4v) is 2.05. The first-order chi connectivity index (χ1) is 7.61. The fraction of sp³-hybridized carbons (Fsp3) is 0.667. The number of carbonyl (C=O) groups excluding carboxylic acids is 1. The van der Waals surface area contributed by atoms with Crippen molar-refractivity contribution >= 4 is 5.91 Å². The normalized spacial score (nSPS) is 29.5. The maximum absolute atomic E-state index is 10.8. The molecule has 1 fully saturated rings. The third kappa shape index (κ3) is 1.91. The molecular formula is C9H14N4O3. The van der Waals surface area contributed by atoms with Gasteiger partial charge in [-0.15, -0.1) is 5.10 Å². The average Bonchev–Trinajstić information content (AvgIpc) is 2.83. The zero-order valence-electron chi connectivity index (χ0n) is 8.65. The number of amides is 1. The number of nitrogens with two attached hydrogens (primary N) is 1. The van der Waals surface area contributed by atoms with E-state index in [9.17, 15) is 9.90 Å². The maximum atomic E-state index is 10.8. The molecule has 1 heterocycles. The Morgan fingerprint density at radius 2 is 2.38 bits per heavy atom. The monoisotopic (exact) mass is 226 g/mol. The number of aliphatic hydroxyl groups is 2. The Labute approximate surface area is 91.9 Å². The van der Waals surface area contributed by atoms with Gasteiger partial charge in [-0.3, -0.25) is 4.79 Å². The summed E-state index contributed by atoms with van der Waals surface area (Å²) in [4.78, 5) is 14.6. The number of hydrogen-bond donors (Lipinski definition) is 3. The predicted molar refractivity (Wildman–Crippen MR) is 53.4 cm³/mol. The highest BCUT2D eigenvalue weighted by Gasteiger charge is 2.34. The van der Waals surface area contributed by atoms with Gasteiger partial charge in [0, 0.05) is 12.5 Å². The Morgan fingerprint density at radius 1 is 1.62 bits per heavy atom. The van der Waals surface area contributed by atoms with Crippen LogP contribution in [0.5, 0.6) is 0 Å². The molecule has 1 aliphatic rings. The first-order valence-corrected chi connectivity index (χ1v) is 5.11. The standard InChI is InChI=1S/C9H14N4O3/c10-8(16)9-11-4-13(12-9)6-1-5(3-14)7(15)2-6/h4-7,14-15H,1-3H2,(H2,10,16)/t5-,6-,7-/m1/s1. The Hall–Kier alpha value is -1.47. The summed E-state index contributed by atoms with van der Waals surface area (Å²) in [5.41, 5.74) is 5.04. The molecule has 2 rings (SSSR count). The first-order valence-electron chi connectivity index (χ1n) is 5.11. The lowest BCUT2D eigenvalue weighted by Gasteiger charge is -2.08. The van der Waals surface area contributed by atoms with Gasteiger partial charge in [0.05, 0.1) is 12.1 Å². The highest BCUT2D eigenvalue weighted by Crippen LogP contribution is 2.33. The van der Waals surface area contributed by atoms with Gasteiger partial charge in [-0.2, -0.15) is 0 Å². The molecule has 1 aromatic rings. The molecule has 0 aromatic carbocycles. The van der Waals surface area contributed by atoms with Crippen LogP contribution in [0.1, 0.15) is 29.5 Å². The molecule has 1 amide bonds. The van der Waals surface area contributed by atoms with Crippen LogP contribution in [0.4, 0.5) is 0 Å². The minimum atomic E-state index is -0.670. The SMILES string of the molecule is NC(=O)c1ncn([C@@H]2C[C@H](CO)[C@H](O)C2)n1. The van der Waals surface area contributed by atoms with E-state index in [4.69, 9.17) is 10.8 Å². The average molecular weight is 226 g/mol. The summed E-state index contributed by atoms with van der Waals surface area (Å²) < 4.78 is 1.53. The number of aromatic nitrogens is 3. The summed E-state index contributed by atoms with van der Waals surface area (Å²) in [6.45, 7) is -0.0466. The second-order valence-electron chi connectivity index (χ2n) is 4.05. The van der Waals surface area contributed by atoms with Gasteiger partial charge in [0.15, 0.2) is 0 Å². The van der Waals surface area contributed by atoms with Gasteiger partial charge < -0.3 is 15.9 Å². The zero-order chi connectivity index (χ0) is 11.7. The Bertz CT molecular complexity index is 392. The van der Waals surface area contributed by atoms with Gasteiger partial charge in [0.2, 0.25) is 5.82 Å². The summed E-state index contributed by atoms with van der Waals surface area (Å²) in [5.74, 6) is -0.829. The van der Waals surface area contributed by atoms with Crippen LogP contribution in [0.3, 0.4) is 0 Å². The van der Waals surface area contributed by atoms with Crippen LogP contribution >= 0.6 is 0 Å². The van der Waals surface area contributed by atoms with Gasteiger partial charge in [-0.25, -0.2) is 9.67 Å². The first kappa shape index (κ1) is 11.0. The van der Waals surface area contributed by atoms with Crippen LogP contribution in [0, 0.1) is 5.92 Å². The maximum Gasteiger partial charge on any atom is 0.288 e. The smallest absolute Gasteiger partial charge is 0.288 e. The van der Waals surface area contributed by atoms with Crippen LogP contribution in [0.15, 0.2) is 6.33 Å². The third-order valence-electron chi connectivity index (χ3n) is 2.97. The highest BCUT2D eigenvalue weighted by atomic mass is 16.3. The number of primary amides is 1. The number of aliphatic hydroxyl groups excluding tert-OH is 2. The van der Waals surface area contributed by atoms with Crippen molar-refractivity contribution in [1.82, 2.24) is 14.8 Å². The van der Waals surface area contributed by atoms with Crippen molar-refractivity contribution in [2.24, 2.45) is 11.7 Å². The minimum Gasteiger partial charge on any atom is -0.396 e. The van der Waals surface area contributed by atoms with E-state index in [0.717, 1.165) is 0 Å². The summed E-state index contributed by atoms with van der Waals surface area (Å²) in [7, 11) is 0. The number of rotatable bonds is 3. The van der Waals surface area contributed by atoms with E-state index < -0.39 is 12.0 Å². The quantitative estimate of drug-likeness (QED) is 0.591. The molecule has 88 valence electrons. The molecule has 1 saturated carbocycles. The Morgan fingerprint density at radius 3 is 2.88 bits per heavy atom. The van der Waals surface area contributed by atoms with Crippen molar-refractivity contribution in [3.63, 3.8) is 0 Å². The minimum absolute atomic E-state index is 0.0260. The summed E-state index contributed by atoms with van der Waals surface area (Å²) in [5, 5.41) is 22.6. The summed E-state index contributed by atoms with van der Waals surface area (Å²) in [6.07, 6.45) is 2.03. The van der Waals surface area contributed by atoms with E-state index in [1.807, 2.05) is 0 Å². The molecule has 7 heteroatoms. The van der Waals surface area contributed by atoms with E-state index >= 15 is 0 Å². The molecule has 0 saturated heterocycles. The van der Waals surface area contributed by atoms with Gasteiger partial charge in [0.25, 0.3) is 5.91 Å². The van der Waals surface area contributed by atoms with Crippen molar-refractivity contribution in [2.45, 2.75) is 25.0 Å². The molecule has 1 aromatic heterocycles. The number of carbonyl (C=O) groups is 1. The van der Waals surface area contributed by atoms with Crippen molar-refractivity contribution in [3.8, 4) is 0 Å². The largest absolute Gasteiger partial charge is 0.396 e. The molecular weight excluding hydrogens is 212 g/mol. The van der Waals surface area contributed by atoms with E-state index in [-0.39, 0.29) is 24.4 Å². The van der Waals surface area contributed by atoms with Crippen LogP contribution < -0.4 is 5.73 Å². The molecule has 1 aliphatic carbocycles. The second-order valence-corrected chi connectivity index (χ2v) is 4.05. The van der Waals surface area contributed by atoms with Crippen LogP contribution in [-0.4, -0.2) is 43.6 Å². The van der Waals surface area contributed by atoms with Crippen molar-refractivity contribution in [2.75, 3.05) is 6.61 Å². The number of nitrogens with zero attached hydrogens (tertiary/aromatic N) is 3. The summed E-state index contributed by atoms with van der Waals surface area (Å²) in [6, 6.07) is -0.0345. The van der Waals surface area contributed by atoms with Crippen LogP contribution in [-0.2, 0) is 0 Å². The molecule has 7 nitrogen and oxygen atoms in total. The van der Waals surface area contributed by atoms with Gasteiger partial charge in [0.1, 0.15) is 6.33 Å². The molecule has 0 aliphatic heterocycles. The molecule has 0 spiro atoms. The molecule has 3 atom stereocenters. The van der Waals surface area contributed by atoms with Crippen molar-refractivity contribution < 1.29 is 15.0 Å². The zero-order valence-corrected chi connectivity index (χ0v) is 8.65. The van der Waals surface area contributed by atoms with Crippen LogP contribution in [0.2, 0.25) is 0 Å². The summed E-state index contributed by atoms with van der Waals surface area (Å²) >= 11 is 0. The van der Waals surface area contributed by atoms with E-state index in [1.165, 1.54) is 11.0 Å². The number of hydrogen-bond acceptors (Lipinski definition) is 5. The van der Waals surface area contributed by atoms with Crippen LogP contribution in [0.25, 0.3) is 0 Å². The van der Waals surface area contributed by atoms with Crippen molar-refractivity contribution in [3.05, 3.63) is 12.2 Å². The van der Waals surface area contributed by atoms with Gasteiger partial charge in [-0.1, -0.05) is 0 Å². The fourth-order valence-electron chi connectivity index (χ4n) is 2.05. The van der Waals surface area contributed by atoms with Crippen molar-refractivity contribution in [1.29, 1.82) is 0 Å². The Balaban J connectivity index is 2.11. The lowest BCUT2D eigenvalue weighted by molar-refractivity contribution is 0.0906. The Kier molecular flexibility index (Phi) is 2.88. The molecule has 0 unspecified atom stereocenters. The third-order valence-corrected chi connectivity index (χ3v) is 2.97. The van der Waals surface area contributed by atoms with E-state index in [1.54, 1.807) is 0 Å². The predicted octanol–water partition coefficient (Wildman–Crippen LogP) is -1.32. The molecule has 0 bridgehead atoms. The second kappa shape index (κ2) is 4.18. The lowest BCUT2D eigenvalue weighted by Crippen LogP contribution is -2.16. The lowest BCUT2D eigenvalue weighted by atomic mass is 10.1. The van der Waals surface area contributed by atoms with Gasteiger partial charge in [-0.05, 0) is 12.8 Å².